The maximum atomic E-state index is 13.3. The quantitative estimate of drug-likeness (QED) is 0.825. The second-order valence-electron chi connectivity index (χ2n) is 6.77. The number of hydrogen-bond acceptors (Lipinski definition) is 5. The van der Waals surface area contributed by atoms with Crippen LogP contribution in [0, 0.1) is 6.92 Å². The number of benzene rings is 1. The number of thioether (sulfide) groups is 1. The van der Waals surface area contributed by atoms with Crippen LogP contribution in [0.3, 0.4) is 0 Å². The molecule has 0 unspecified atom stereocenters. The van der Waals surface area contributed by atoms with Gasteiger partial charge in [-0.2, -0.15) is 0 Å². The first-order valence-electron chi connectivity index (χ1n) is 8.58. The number of anilines is 1. The smallest absolute Gasteiger partial charge is 0.252 e. The van der Waals surface area contributed by atoms with Crippen molar-refractivity contribution < 1.29 is 9.59 Å². The van der Waals surface area contributed by atoms with Gasteiger partial charge in [-0.1, -0.05) is 23.5 Å². The lowest BCUT2D eigenvalue weighted by Crippen LogP contribution is -2.51. The molecule has 2 aliphatic heterocycles. The van der Waals surface area contributed by atoms with E-state index in [1.165, 1.54) is 0 Å². The summed E-state index contributed by atoms with van der Waals surface area (Å²) in [6.07, 6.45) is 1.37. The summed E-state index contributed by atoms with van der Waals surface area (Å²) in [7, 11) is 0. The van der Waals surface area contributed by atoms with Crippen LogP contribution in [0.5, 0.6) is 0 Å². The van der Waals surface area contributed by atoms with Gasteiger partial charge in [0.2, 0.25) is 5.91 Å². The number of likely N-dealkylation sites (N-methyl/N-ethyl adjacent to an activating group) is 1. The summed E-state index contributed by atoms with van der Waals surface area (Å²) in [6, 6.07) is 5.71. The van der Waals surface area contributed by atoms with Gasteiger partial charge in [0.25, 0.3) is 5.91 Å². The van der Waals surface area contributed by atoms with Gasteiger partial charge in [0.1, 0.15) is 6.04 Å². The van der Waals surface area contributed by atoms with Gasteiger partial charge in [-0.15, -0.1) is 11.8 Å². The lowest BCUT2D eigenvalue weighted by Gasteiger charge is -2.32. The van der Waals surface area contributed by atoms with Crippen LogP contribution in [-0.4, -0.2) is 44.9 Å². The van der Waals surface area contributed by atoms with Crippen LogP contribution < -0.4 is 4.90 Å². The zero-order valence-corrected chi connectivity index (χ0v) is 16.2. The van der Waals surface area contributed by atoms with Crippen LogP contribution in [0.4, 0.5) is 5.13 Å². The molecule has 7 heteroatoms. The molecule has 2 fully saturated rings. The maximum Gasteiger partial charge on any atom is 0.252 e. The Morgan fingerprint density at radius 1 is 1.48 bits per heavy atom. The number of rotatable bonds is 3. The predicted molar refractivity (Wildman–Crippen MR) is 103 cm³/mol. The van der Waals surface area contributed by atoms with Crippen molar-refractivity contribution in [2.75, 3.05) is 17.2 Å². The first-order valence-corrected chi connectivity index (χ1v) is 10.4. The zero-order valence-electron chi connectivity index (χ0n) is 14.6. The summed E-state index contributed by atoms with van der Waals surface area (Å²) in [5.74, 6) is 0.759. The van der Waals surface area contributed by atoms with Gasteiger partial charge in [-0.3, -0.25) is 14.5 Å². The van der Waals surface area contributed by atoms with Crippen molar-refractivity contribution in [2.45, 2.75) is 44.5 Å². The lowest BCUT2D eigenvalue weighted by atomic mass is 10.2. The predicted octanol–water partition coefficient (Wildman–Crippen LogP) is 3.41. The number of carbonyl (C=O) groups excluding carboxylic acids is 2. The molecule has 4 rings (SSSR count). The molecule has 25 heavy (non-hydrogen) atoms. The van der Waals surface area contributed by atoms with Crippen molar-refractivity contribution in [1.82, 2.24) is 9.88 Å². The molecule has 0 N–H and O–H groups in total. The van der Waals surface area contributed by atoms with E-state index in [0.717, 1.165) is 27.3 Å². The number of thiazole rings is 1. The largest absolute Gasteiger partial charge is 0.315 e. The molecule has 3 heterocycles. The summed E-state index contributed by atoms with van der Waals surface area (Å²) in [4.78, 5) is 33.6. The van der Waals surface area contributed by atoms with E-state index in [1.54, 1.807) is 28.0 Å². The molecule has 2 saturated heterocycles. The highest BCUT2D eigenvalue weighted by molar-refractivity contribution is 8.01. The summed E-state index contributed by atoms with van der Waals surface area (Å²) in [5.41, 5.74) is 2.07. The molecule has 132 valence electrons. The van der Waals surface area contributed by atoms with E-state index in [2.05, 4.69) is 6.92 Å². The molecule has 1 aromatic carbocycles. The van der Waals surface area contributed by atoms with Crippen LogP contribution in [0.1, 0.15) is 32.3 Å². The van der Waals surface area contributed by atoms with Crippen molar-refractivity contribution in [1.29, 1.82) is 0 Å². The number of carbonyl (C=O) groups is 2. The van der Waals surface area contributed by atoms with Crippen LogP contribution in [0.25, 0.3) is 10.2 Å². The Bertz CT molecular complexity index is 865. The zero-order chi connectivity index (χ0) is 17.8. The average Bonchev–Trinajstić information content (AvgIpc) is 3.23. The molecule has 1 aromatic heterocycles. The van der Waals surface area contributed by atoms with Crippen molar-refractivity contribution >= 4 is 50.3 Å². The van der Waals surface area contributed by atoms with Gasteiger partial charge >= 0.3 is 0 Å². The number of amides is 2. The van der Waals surface area contributed by atoms with Gasteiger partial charge in [-0.05, 0) is 38.8 Å². The molecular weight excluding hydrogens is 354 g/mol. The second-order valence-corrected chi connectivity index (χ2v) is 9.28. The van der Waals surface area contributed by atoms with E-state index < -0.39 is 0 Å². The molecule has 5 nitrogen and oxygen atoms in total. The Balaban J connectivity index is 1.67. The Hall–Kier alpha value is -1.60. The minimum absolute atomic E-state index is 0.00863. The third-order valence-electron chi connectivity index (χ3n) is 5.15. The summed E-state index contributed by atoms with van der Waals surface area (Å²) in [5, 5.41) is 0.724. The topological polar surface area (TPSA) is 53.5 Å². The van der Waals surface area contributed by atoms with Crippen LogP contribution in [0.15, 0.2) is 18.2 Å². The molecule has 2 aromatic rings. The molecule has 2 amide bonds. The minimum Gasteiger partial charge on any atom is -0.315 e. The molecular formula is C18H21N3O2S2. The molecule has 0 saturated carbocycles. The van der Waals surface area contributed by atoms with E-state index in [9.17, 15) is 9.59 Å². The number of hydrogen-bond donors (Lipinski definition) is 0. The molecule has 0 bridgehead atoms. The Morgan fingerprint density at radius 2 is 2.28 bits per heavy atom. The monoisotopic (exact) mass is 375 g/mol. The fraction of sp³-hybridized carbons (Fsp3) is 0.500. The van der Waals surface area contributed by atoms with Crippen LogP contribution >= 0.6 is 23.1 Å². The van der Waals surface area contributed by atoms with Crippen molar-refractivity contribution in [3.63, 3.8) is 0 Å². The molecule has 0 aliphatic carbocycles. The summed E-state index contributed by atoms with van der Waals surface area (Å²) < 4.78 is 1.09. The van der Waals surface area contributed by atoms with Gasteiger partial charge < -0.3 is 4.90 Å². The number of fused-ring (bicyclic) bond motifs is 2. The Labute approximate surface area is 155 Å². The number of aromatic nitrogens is 1. The van der Waals surface area contributed by atoms with Gasteiger partial charge in [0.15, 0.2) is 5.13 Å². The lowest BCUT2D eigenvalue weighted by molar-refractivity contribution is -0.136. The second kappa shape index (κ2) is 5.99. The van der Waals surface area contributed by atoms with Crippen LogP contribution in [0.2, 0.25) is 0 Å². The van der Waals surface area contributed by atoms with E-state index in [4.69, 9.17) is 4.98 Å². The van der Waals surface area contributed by atoms with Crippen LogP contribution in [-0.2, 0) is 9.59 Å². The standard InChI is InChI=1S/C18H21N3O2S2/c1-4-20(17-19-15-11(2)6-5-7-13(15)25-17)16(23)12-10-24-18(3)9-8-14(22)21(12)18/h5-7,12H,4,8-10H2,1-3H3/t12-,18-/m0/s1. The highest BCUT2D eigenvalue weighted by atomic mass is 32.2. The van der Waals surface area contributed by atoms with Gasteiger partial charge in [0.05, 0.1) is 15.1 Å². The van der Waals surface area contributed by atoms with Crippen molar-refractivity contribution in [3.05, 3.63) is 23.8 Å². The van der Waals surface area contributed by atoms with Gasteiger partial charge in [0, 0.05) is 18.7 Å². The van der Waals surface area contributed by atoms with Crippen molar-refractivity contribution in [2.24, 2.45) is 0 Å². The minimum atomic E-state index is -0.377. The molecule has 0 spiro atoms. The Kier molecular flexibility index (Phi) is 4.03. The third-order valence-corrected chi connectivity index (χ3v) is 7.70. The average molecular weight is 376 g/mol. The first-order chi connectivity index (χ1) is 11.9. The molecule has 2 aliphatic rings. The van der Waals surface area contributed by atoms with Gasteiger partial charge in [-0.25, -0.2) is 4.98 Å². The van der Waals surface area contributed by atoms with E-state index >= 15 is 0 Å². The summed E-state index contributed by atoms with van der Waals surface area (Å²) >= 11 is 3.27. The maximum absolute atomic E-state index is 13.3. The van der Waals surface area contributed by atoms with E-state index in [0.29, 0.717) is 18.7 Å². The Morgan fingerprint density at radius 3 is 3.00 bits per heavy atom. The highest BCUT2D eigenvalue weighted by Gasteiger charge is 2.53. The first kappa shape index (κ1) is 16.8. The molecule has 0 radical (unpaired) electrons. The SMILES string of the molecule is CCN(C(=O)[C@@H]1CS[C@@]2(C)CCC(=O)N12)c1nc2c(C)cccc2s1. The fourth-order valence-electron chi connectivity index (χ4n) is 3.76. The third kappa shape index (κ3) is 2.56. The number of para-hydroxylation sites is 1. The van der Waals surface area contributed by atoms with Crippen molar-refractivity contribution in [3.8, 4) is 0 Å². The highest BCUT2D eigenvalue weighted by Crippen LogP contribution is 2.47. The summed E-state index contributed by atoms with van der Waals surface area (Å²) in [6.45, 7) is 6.63. The van der Waals surface area contributed by atoms with E-state index in [1.807, 2.05) is 36.9 Å². The van der Waals surface area contributed by atoms with E-state index in [-0.39, 0.29) is 22.7 Å². The molecule has 2 atom stereocenters. The normalized spacial score (nSPS) is 25.6. The number of aryl methyl sites for hydroxylation is 1. The fourth-order valence-corrected chi connectivity index (χ4v) is 6.29. The number of nitrogens with zero attached hydrogens (tertiary/aromatic N) is 3.